The third-order valence-electron chi connectivity index (χ3n) is 2.57. The molecule has 0 saturated carbocycles. The smallest absolute Gasteiger partial charge is 0.321 e. The van der Waals surface area contributed by atoms with Crippen molar-refractivity contribution in [1.29, 1.82) is 0 Å². The van der Waals surface area contributed by atoms with Crippen molar-refractivity contribution in [2.45, 2.75) is 19.0 Å². The van der Waals surface area contributed by atoms with Gasteiger partial charge in [-0.3, -0.25) is 10.1 Å². The second-order valence-corrected chi connectivity index (χ2v) is 3.97. The number of rotatable bonds is 6. The minimum Gasteiger partial charge on any atom is -0.508 e. The Morgan fingerprint density at radius 2 is 2.11 bits per heavy atom. The zero-order chi connectivity index (χ0) is 13.7. The SMILES string of the molecule is O=C(O)[C@H](Cc1ccc(O)cc1)NCc1nn[nH]n1. The molecule has 0 amide bonds. The molecule has 0 radical (unpaired) electrons. The largest absolute Gasteiger partial charge is 0.508 e. The number of H-pyrrole nitrogens is 1. The number of aliphatic carboxylic acids is 1. The number of benzene rings is 1. The fraction of sp³-hybridized carbons (Fsp3) is 0.273. The average Bonchev–Trinajstić information content (AvgIpc) is 2.89. The third-order valence-corrected chi connectivity index (χ3v) is 2.57. The molecular weight excluding hydrogens is 250 g/mol. The van der Waals surface area contributed by atoms with Crippen LogP contribution in [0.25, 0.3) is 0 Å². The second kappa shape index (κ2) is 5.91. The normalized spacial score (nSPS) is 12.2. The van der Waals surface area contributed by atoms with E-state index in [0.29, 0.717) is 12.2 Å². The Morgan fingerprint density at radius 3 is 2.68 bits per heavy atom. The number of hydrogen-bond donors (Lipinski definition) is 4. The minimum absolute atomic E-state index is 0.149. The highest BCUT2D eigenvalue weighted by Gasteiger charge is 2.18. The minimum atomic E-state index is -0.962. The van der Waals surface area contributed by atoms with Gasteiger partial charge < -0.3 is 10.2 Å². The van der Waals surface area contributed by atoms with E-state index >= 15 is 0 Å². The Labute approximate surface area is 108 Å². The van der Waals surface area contributed by atoms with Crippen molar-refractivity contribution in [3.05, 3.63) is 35.7 Å². The Balaban J connectivity index is 1.96. The summed E-state index contributed by atoms with van der Waals surface area (Å²) in [6.07, 6.45) is 0.299. The summed E-state index contributed by atoms with van der Waals surface area (Å²) >= 11 is 0. The highest BCUT2D eigenvalue weighted by atomic mass is 16.4. The van der Waals surface area contributed by atoms with Gasteiger partial charge in [-0.25, -0.2) is 0 Å². The first kappa shape index (κ1) is 13.0. The van der Waals surface area contributed by atoms with Gasteiger partial charge in [-0.15, -0.1) is 10.2 Å². The number of nitrogens with one attached hydrogen (secondary N) is 2. The summed E-state index contributed by atoms with van der Waals surface area (Å²) in [5.74, 6) is -0.413. The molecule has 1 atom stereocenters. The van der Waals surface area contributed by atoms with Gasteiger partial charge in [0.1, 0.15) is 11.8 Å². The number of carbonyl (C=O) groups is 1. The first-order valence-corrected chi connectivity index (χ1v) is 5.61. The number of carboxylic acid groups (broad SMARTS) is 1. The fourth-order valence-electron chi connectivity index (χ4n) is 1.59. The van der Waals surface area contributed by atoms with Crippen LogP contribution in [0.15, 0.2) is 24.3 Å². The van der Waals surface area contributed by atoms with Crippen LogP contribution in [0.3, 0.4) is 0 Å². The number of aromatic hydroxyl groups is 1. The maximum Gasteiger partial charge on any atom is 0.321 e. The third kappa shape index (κ3) is 3.75. The van der Waals surface area contributed by atoms with Crippen LogP contribution in [0.5, 0.6) is 5.75 Å². The molecule has 2 rings (SSSR count). The predicted molar refractivity (Wildman–Crippen MR) is 64.3 cm³/mol. The van der Waals surface area contributed by atoms with Gasteiger partial charge in [-0.05, 0) is 24.1 Å². The van der Waals surface area contributed by atoms with E-state index in [4.69, 9.17) is 10.2 Å². The van der Waals surface area contributed by atoms with Crippen LogP contribution in [-0.2, 0) is 17.8 Å². The Morgan fingerprint density at radius 1 is 1.37 bits per heavy atom. The van der Waals surface area contributed by atoms with Gasteiger partial charge in [0.05, 0.1) is 6.54 Å². The lowest BCUT2D eigenvalue weighted by atomic mass is 10.1. The molecular formula is C11H13N5O3. The molecule has 8 heteroatoms. The fourth-order valence-corrected chi connectivity index (χ4v) is 1.59. The summed E-state index contributed by atoms with van der Waals surface area (Å²) < 4.78 is 0. The van der Waals surface area contributed by atoms with E-state index in [1.54, 1.807) is 12.1 Å². The van der Waals surface area contributed by atoms with E-state index in [0.717, 1.165) is 5.56 Å². The molecule has 0 spiro atoms. The van der Waals surface area contributed by atoms with Crippen LogP contribution in [0.4, 0.5) is 0 Å². The number of aromatic nitrogens is 4. The molecule has 2 aromatic rings. The summed E-state index contributed by atoms with van der Waals surface area (Å²) in [5.41, 5.74) is 0.811. The average molecular weight is 263 g/mol. The van der Waals surface area contributed by atoms with E-state index in [1.807, 2.05) is 0 Å². The van der Waals surface area contributed by atoms with E-state index in [2.05, 4.69) is 25.9 Å². The van der Waals surface area contributed by atoms with Gasteiger partial charge in [0.2, 0.25) is 0 Å². The standard InChI is InChI=1S/C11H13N5O3/c17-8-3-1-7(2-4-8)5-9(11(18)19)12-6-10-13-15-16-14-10/h1-4,9,12,17H,5-6H2,(H,18,19)(H,13,14,15,16)/t9-/m0/s1. The Bertz CT molecular complexity index is 526. The summed E-state index contributed by atoms with van der Waals surface area (Å²) in [5, 5.41) is 34.3. The number of hydrogen-bond acceptors (Lipinski definition) is 6. The second-order valence-electron chi connectivity index (χ2n) is 3.97. The molecule has 0 saturated heterocycles. The summed E-state index contributed by atoms with van der Waals surface area (Å²) in [6.45, 7) is 0.214. The maximum absolute atomic E-state index is 11.2. The van der Waals surface area contributed by atoms with Gasteiger partial charge >= 0.3 is 5.97 Å². The molecule has 4 N–H and O–H groups in total. The van der Waals surface area contributed by atoms with Crippen molar-refractivity contribution in [3.63, 3.8) is 0 Å². The zero-order valence-electron chi connectivity index (χ0n) is 9.95. The Kier molecular flexibility index (Phi) is 4.04. The number of phenols is 1. The monoisotopic (exact) mass is 263 g/mol. The molecule has 19 heavy (non-hydrogen) atoms. The van der Waals surface area contributed by atoms with Gasteiger partial charge in [-0.2, -0.15) is 5.21 Å². The summed E-state index contributed by atoms with van der Waals surface area (Å²) in [6, 6.07) is 5.65. The lowest BCUT2D eigenvalue weighted by molar-refractivity contribution is -0.139. The molecule has 100 valence electrons. The molecule has 0 aliphatic rings. The molecule has 1 aromatic carbocycles. The number of aromatic amines is 1. The lowest BCUT2D eigenvalue weighted by Gasteiger charge is -2.13. The van der Waals surface area contributed by atoms with Gasteiger partial charge in [0, 0.05) is 0 Å². The Hall–Kier alpha value is -2.48. The van der Waals surface area contributed by atoms with Crippen molar-refractivity contribution in [2.24, 2.45) is 0 Å². The van der Waals surface area contributed by atoms with Crippen molar-refractivity contribution in [1.82, 2.24) is 25.9 Å². The highest BCUT2D eigenvalue weighted by Crippen LogP contribution is 2.11. The van der Waals surface area contributed by atoms with Crippen LogP contribution < -0.4 is 5.32 Å². The van der Waals surface area contributed by atoms with Crippen molar-refractivity contribution >= 4 is 5.97 Å². The lowest BCUT2D eigenvalue weighted by Crippen LogP contribution is -2.38. The van der Waals surface area contributed by atoms with Crippen molar-refractivity contribution < 1.29 is 15.0 Å². The number of carboxylic acids is 1. The van der Waals surface area contributed by atoms with Gasteiger partial charge in [0.25, 0.3) is 0 Å². The number of nitrogens with zero attached hydrogens (tertiary/aromatic N) is 3. The van der Waals surface area contributed by atoms with E-state index < -0.39 is 12.0 Å². The van der Waals surface area contributed by atoms with Crippen LogP contribution in [0, 0.1) is 0 Å². The van der Waals surface area contributed by atoms with E-state index in [-0.39, 0.29) is 12.3 Å². The predicted octanol–water partition coefficient (Wildman–Crippen LogP) is -0.309. The van der Waals surface area contributed by atoms with Crippen LogP contribution in [0.1, 0.15) is 11.4 Å². The van der Waals surface area contributed by atoms with Crippen LogP contribution in [-0.4, -0.2) is 42.8 Å². The van der Waals surface area contributed by atoms with Crippen LogP contribution in [0.2, 0.25) is 0 Å². The molecule has 1 heterocycles. The molecule has 0 bridgehead atoms. The number of phenolic OH excluding ortho intramolecular Hbond substituents is 1. The van der Waals surface area contributed by atoms with Gasteiger partial charge in [0.15, 0.2) is 5.82 Å². The topological polar surface area (TPSA) is 124 Å². The maximum atomic E-state index is 11.2. The number of tetrazole rings is 1. The van der Waals surface area contributed by atoms with E-state index in [1.165, 1.54) is 12.1 Å². The molecule has 0 aliphatic carbocycles. The molecule has 8 nitrogen and oxygen atoms in total. The van der Waals surface area contributed by atoms with Gasteiger partial charge in [-0.1, -0.05) is 17.3 Å². The zero-order valence-corrected chi connectivity index (χ0v) is 9.95. The first-order valence-electron chi connectivity index (χ1n) is 5.61. The highest BCUT2D eigenvalue weighted by molar-refractivity contribution is 5.73. The quantitative estimate of drug-likeness (QED) is 0.563. The van der Waals surface area contributed by atoms with Crippen molar-refractivity contribution in [3.8, 4) is 5.75 Å². The molecule has 0 unspecified atom stereocenters. The summed E-state index contributed by atoms with van der Waals surface area (Å²) in [7, 11) is 0. The molecule has 0 fully saturated rings. The molecule has 1 aromatic heterocycles. The molecule has 0 aliphatic heterocycles. The summed E-state index contributed by atoms with van der Waals surface area (Å²) in [4.78, 5) is 11.2. The van der Waals surface area contributed by atoms with Crippen molar-refractivity contribution in [2.75, 3.05) is 0 Å². The first-order chi connectivity index (χ1) is 9.15. The van der Waals surface area contributed by atoms with E-state index in [9.17, 15) is 4.79 Å². The van der Waals surface area contributed by atoms with Crippen LogP contribution >= 0.6 is 0 Å².